The van der Waals surface area contributed by atoms with Crippen LogP contribution in [0.1, 0.15) is 42.4 Å². The van der Waals surface area contributed by atoms with Crippen molar-refractivity contribution in [2.75, 3.05) is 6.54 Å². The van der Waals surface area contributed by atoms with Crippen molar-refractivity contribution in [2.24, 2.45) is 5.41 Å². The maximum Gasteiger partial charge on any atom is 0.240 e. The number of carbonyl (C=O) groups is 1. The van der Waals surface area contributed by atoms with Gasteiger partial charge >= 0.3 is 0 Å². The molecule has 20 heavy (non-hydrogen) atoms. The molecule has 0 spiro atoms. The lowest BCUT2D eigenvalue weighted by Gasteiger charge is -2.16. The number of rotatable bonds is 4. The van der Waals surface area contributed by atoms with Crippen LogP contribution < -0.4 is 5.32 Å². The molecule has 1 fully saturated rings. The lowest BCUT2D eigenvalue weighted by Crippen LogP contribution is -2.32. The topological polar surface area (TPSA) is 52.9 Å². The Morgan fingerprint density at radius 1 is 1.25 bits per heavy atom. The first-order chi connectivity index (χ1) is 9.73. The molecule has 1 aromatic rings. The van der Waals surface area contributed by atoms with Crippen LogP contribution in [0.25, 0.3) is 0 Å². The highest BCUT2D eigenvalue weighted by Crippen LogP contribution is 2.44. The van der Waals surface area contributed by atoms with Crippen molar-refractivity contribution in [3.63, 3.8) is 0 Å². The van der Waals surface area contributed by atoms with Crippen molar-refractivity contribution in [3.8, 4) is 6.07 Å². The minimum atomic E-state index is -0.699. The second-order valence-electron chi connectivity index (χ2n) is 6.01. The van der Waals surface area contributed by atoms with Crippen LogP contribution in [-0.4, -0.2) is 12.5 Å². The van der Waals surface area contributed by atoms with Gasteiger partial charge < -0.3 is 5.32 Å². The summed E-state index contributed by atoms with van der Waals surface area (Å²) < 4.78 is 0. The van der Waals surface area contributed by atoms with E-state index in [0.717, 1.165) is 6.42 Å². The Morgan fingerprint density at radius 3 is 2.70 bits per heavy atom. The van der Waals surface area contributed by atoms with E-state index in [2.05, 4.69) is 29.6 Å². The number of nitrogens with one attached hydrogen (secondary N) is 1. The van der Waals surface area contributed by atoms with Crippen LogP contribution in [0.4, 0.5) is 0 Å². The molecular weight excluding hydrogens is 248 g/mol. The predicted octanol–water partition coefficient (Wildman–Crippen LogP) is 2.53. The van der Waals surface area contributed by atoms with Crippen LogP contribution in [0.15, 0.2) is 18.2 Å². The smallest absolute Gasteiger partial charge is 0.240 e. The molecule has 0 atom stereocenters. The fraction of sp³-hybridized carbons (Fsp3) is 0.529. The summed E-state index contributed by atoms with van der Waals surface area (Å²) in [5.74, 6) is -0.0852. The zero-order valence-corrected chi connectivity index (χ0v) is 11.7. The number of hydrogen-bond donors (Lipinski definition) is 1. The van der Waals surface area contributed by atoms with Gasteiger partial charge in [0.2, 0.25) is 5.91 Å². The first kappa shape index (κ1) is 13.2. The number of nitriles is 1. The van der Waals surface area contributed by atoms with Gasteiger partial charge in [0.15, 0.2) is 0 Å². The van der Waals surface area contributed by atoms with Crippen LogP contribution in [0.5, 0.6) is 0 Å². The first-order valence-corrected chi connectivity index (χ1v) is 7.54. The third-order valence-corrected chi connectivity index (χ3v) is 4.51. The van der Waals surface area contributed by atoms with Crippen molar-refractivity contribution < 1.29 is 4.79 Å². The molecule has 0 bridgehead atoms. The van der Waals surface area contributed by atoms with E-state index in [-0.39, 0.29) is 5.91 Å². The summed E-state index contributed by atoms with van der Waals surface area (Å²) in [6.45, 7) is 0.626. The molecule has 2 aliphatic carbocycles. The standard InChI is InChI=1S/C17H20N2O/c18-12-17(8-9-17)16(20)19-10-7-13-5-6-14-3-1-2-4-15(14)11-13/h5-6,11H,1-4,7-10H2,(H,19,20). The van der Waals surface area contributed by atoms with Gasteiger partial charge in [-0.15, -0.1) is 0 Å². The number of amides is 1. The number of hydrogen-bond acceptors (Lipinski definition) is 2. The average Bonchev–Trinajstić information content (AvgIpc) is 3.28. The van der Waals surface area contributed by atoms with E-state index in [9.17, 15) is 4.79 Å². The summed E-state index contributed by atoms with van der Waals surface area (Å²) in [6, 6.07) is 8.83. The van der Waals surface area contributed by atoms with Crippen molar-refractivity contribution in [2.45, 2.75) is 44.9 Å². The van der Waals surface area contributed by atoms with E-state index < -0.39 is 5.41 Å². The summed E-state index contributed by atoms with van der Waals surface area (Å²) in [5, 5.41) is 11.9. The van der Waals surface area contributed by atoms with Gasteiger partial charge in [0.25, 0.3) is 0 Å². The number of aryl methyl sites for hydroxylation is 2. The Labute approximate surface area is 120 Å². The molecule has 1 N–H and O–H groups in total. The summed E-state index contributed by atoms with van der Waals surface area (Å²) in [4.78, 5) is 11.8. The third-order valence-electron chi connectivity index (χ3n) is 4.51. The number of nitrogens with zero attached hydrogens (tertiary/aromatic N) is 1. The summed E-state index contributed by atoms with van der Waals surface area (Å²) in [5.41, 5.74) is 3.56. The van der Waals surface area contributed by atoms with Gasteiger partial charge in [0.1, 0.15) is 5.41 Å². The van der Waals surface area contributed by atoms with Gasteiger partial charge in [-0.1, -0.05) is 18.2 Å². The number of carbonyl (C=O) groups excluding carboxylic acids is 1. The highest BCUT2D eigenvalue weighted by molar-refractivity contribution is 5.88. The summed E-state index contributed by atoms with van der Waals surface area (Å²) in [6.07, 6.45) is 7.27. The van der Waals surface area contributed by atoms with Crippen LogP contribution in [-0.2, 0) is 24.1 Å². The Morgan fingerprint density at radius 2 is 2.00 bits per heavy atom. The van der Waals surface area contributed by atoms with Crippen LogP contribution in [0.2, 0.25) is 0 Å². The van der Waals surface area contributed by atoms with Gasteiger partial charge in [-0.25, -0.2) is 0 Å². The number of fused-ring (bicyclic) bond motifs is 1. The Kier molecular flexibility index (Phi) is 3.48. The molecule has 0 unspecified atom stereocenters. The Bertz CT molecular complexity index is 567. The van der Waals surface area contributed by atoms with Crippen molar-refractivity contribution in [1.29, 1.82) is 5.26 Å². The molecule has 0 radical (unpaired) electrons. The summed E-state index contributed by atoms with van der Waals surface area (Å²) in [7, 11) is 0. The summed E-state index contributed by atoms with van der Waals surface area (Å²) >= 11 is 0. The van der Waals surface area contributed by atoms with Crippen molar-refractivity contribution >= 4 is 5.91 Å². The Hall–Kier alpha value is -1.82. The second-order valence-corrected chi connectivity index (χ2v) is 6.01. The van der Waals surface area contributed by atoms with Crippen molar-refractivity contribution in [1.82, 2.24) is 5.32 Å². The third kappa shape index (κ3) is 2.56. The largest absolute Gasteiger partial charge is 0.354 e. The van der Waals surface area contributed by atoms with E-state index >= 15 is 0 Å². The average molecular weight is 268 g/mol. The van der Waals surface area contributed by atoms with E-state index in [1.165, 1.54) is 42.4 Å². The molecule has 0 aromatic heterocycles. The molecule has 1 amide bonds. The van der Waals surface area contributed by atoms with Gasteiger partial charge in [-0.2, -0.15) is 5.26 Å². The van der Waals surface area contributed by atoms with Gasteiger partial charge in [-0.3, -0.25) is 4.79 Å². The molecule has 0 aliphatic heterocycles. The lowest BCUT2D eigenvalue weighted by atomic mass is 9.90. The van der Waals surface area contributed by atoms with Crippen LogP contribution >= 0.6 is 0 Å². The van der Waals surface area contributed by atoms with E-state index in [1.807, 2.05) is 0 Å². The molecule has 1 aromatic carbocycles. The van der Waals surface area contributed by atoms with Crippen molar-refractivity contribution in [3.05, 3.63) is 34.9 Å². The monoisotopic (exact) mass is 268 g/mol. The highest BCUT2D eigenvalue weighted by atomic mass is 16.2. The maximum atomic E-state index is 11.8. The van der Waals surface area contributed by atoms with E-state index in [4.69, 9.17) is 5.26 Å². The zero-order valence-electron chi connectivity index (χ0n) is 11.7. The number of benzene rings is 1. The molecule has 0 saturated heterocycles. The zero-order chi connectivity index (χ0) is 14.0. The van der Waals surface area contributed by atoms with Gasteiger partial charge in [-0.05, 0) is 61.6 Å². The van der Waals surface area contributed by atoms with Gasteiger partial charge in [0.05, 0.1) is 6.07 Å². The fourth-order valence-corrected chi connectivity index (χ4v) is 2.95. The SMILES string of the molecule is N#CC1(C(=O)NCCc2ccc3c(c2)CCCC3)CC1. The Balaban J connectivity index is 1.54. The van der Waals surface area contributed by atoms with E-state index in [0.29, 0.717) is 19.4 Å². The second kappa shape index (κ2) is 5.28. The molecule has 1 saturated carbocycles. The fourth-order valence-electron chi connectivity index (χ4n) is 2.95. The molecule has 2 aliphatic rings. The molecule has 0 heterocycles. The van der Waals surface area contributed by atoms with E-state index in [1.54, 1.807) is 0 Å². The van der Waals surface area contributed by atoms with Crippen LogP contribution in [0, 0.1) is 16.7 Å². The van der Waals surface area contributed by atoms with Gasteiger partial charge in [0, 0.05) is 6.54 Å². The minimum Gasteiger partial charge on any atom is -0.354 e. The maximum absolute atomic E-state index is 11.8. The van der Waals surface area contributed by atoms with Crippen LogP contribution in [0.3, 0.4) is 0 Å². The molecule has 3 heteroatoms. The minimum absolute atomic E-state index is 0.0852. The predicted molar refractivity (Wildman–Crippen MR) is 77.1 cm³/mol. The quantitative estimate of drug-likeness (QED) is 0.912. The molecule has 3 rings (SSSR count). The highest BCUT2D eigenvalue weighted by Gasteiger charge is 2.50. The molecule has 3 nitrogen and oxygen atoms in total. The molecular formula is C17H20N2O. The lowest BCUT2D eigenvalue weighted by molar-refractivity contribution is -0.124. The normalized spacial score (nSPS) is 18.8. The molecule has 104 valence electrons. The first-order valence-electron chi connectivity index (χ1n) is 7.54.